The molecule has 0 aliphatic heterocycles. The summed E-state index contributed by atoms with van der Waals surface area (Å²) in [5.41, 5.74) is 3.99. The fraction of sp³-hybridized carbons (Fsp3) is 0.519. The molecule has 35 heavy (non-hydrogen) atoms. The van der Waals surface area contributed by atoms with Crippen LogP contribution >= 0.6 is 11.6 Å². The van der Waals surface area contributed by atoms with E-state index < -0.39 is 12.4 Å². The largest absolute Gasteiger partial charge is 0.511 e. The average Bonchev–Trinajstić information content (AvgIpc) is 3.05. The number of aryl methyl sites for hydroxylation is 2. The number of carbonyl (C=O) groups is 1. The fourth-order valence-corrected chi connectivity index (χ4v) is 3.60. The zero-order valence-electron chi connectivity index (χ0n) is 22.3. The zero-order chi connectivity index (χ0) is 26.3. The lowest BCUT2D eigenvalue weighted by atomic mass is 9.86. The maximum Gasteiger partial charge on any atom is 0.511 e. The summed E-state index contributed by atoms with van der Waals surface area (Å²) in [6, 6.07) is 8.20. The average molecular weight is 504 g/mol. The highest BCUT2D eigenvalue weighted by atomic mass is 35.5. The summed E-state index contributed by atoms with van der Waals surface area (Å²) in [6.07, 6.45) is 0.867. The van der Waals surface area contributed by atoms with Gasteiger partial charge < -0.3 is 14.2 Å². The van der Waals surface area contributed by atoms with Gasteiger partial charge in [-0.05, 0) is 29.4 Å². The molecule has 0 N–H and O–H groups in total. The minimum atomic E-state index is -0.949. The van der Waals surface area contributed by atoms with E-state index in [9.17, 15) is 4.79 Å². The molecule has 2 atom stereocenters. The second-order valence-electron chi connectivity index (χ2n) is 9.71. The lowest BCUT2D eigenvalue weighted by molar-refractivity contribution is -0.0694. The van der Waals surface area contributed by atoms with Crippen molar-refractivity contribution >= 4 is 35.3 Å². The first-order valence-corrected chi connectivity index (χ1v) is 12.2. The van der Waals surface area contributed by atoms with Crippen LogP contribution in [0, 0.1) is 12.8 Å². The van der Waals surface area contributed by atoms with Crippen LogP contribution in [0.25, 0.3) is 11.3 Å². The maximum absolute atomic E-state index is 12.2. The third kappa shape index (κ3) is 7.59. The van der Waals surface area contributed by atoms with Gasteiger partial charge in [0.15, 0.2) is 5.76 Å². The van der Waals surface area contributed by atoms with E-state index >= 15 is 0 Å². The highest BCUT2D eigenvalue weighted by molar-refractivity contribution is 6.33. The number of benzene rings is 1. The molecule has 0 saturated carbocycles. The Balaban J connectivity index is 2.52. The number of allylic oxidation sites excluding steroid dienone is 1. The van der Waals surface area contributed by atoms with Crippen molar-refractivity contribution in [2.24, 2.45) is 18.0 Å². The molecular weight excluding hydrogens is 466 g/mol. The van der Waals surface area contributed by atoms with Crippen LogP contribution < -0.4 is 0 Å². The van der Waals surface area contributed by atoms with E-state index in [0.717, 1.165) is 12.0 Å². The number of carbonyl (C=O) groups excluding carboxylic acids is 1. The molecule has 8 heteroatoms. The van der Waals surface area contributed by atoms with Gasteiger partial charge in [0.25, 0.3) is 0 Å². The number of rotatable bonds is 9. The Morgan fingerprint density at radius 1 is 1.20 bits per heavy atom. The van der Waals surface area contributed by atoms with E-state index in [-0.39, 0.29) is 17.9 Å². The van der Waals surface area contributed by atoms with Gasteiger partial charge in [-0.1, -0.05) is 76.9 Å². The van der Waals surface area contributed by atoms with E-state index in [1.807, 2.05) is 32.9 Å². The molecular formula is C27H38ClN3O4. The van der Waals surface area contributed by atoms with Crippen molar-refractivity contribution in [1.82, 2.24) is 9.78 Å². The number of nitrogens with zero attached hydrogens (tertiary/aromatic N) is 3. The van der Waals surface area contributed by atoms with Gasteiger partial charge in [0.05, 0.1) is 17.3 Å². The molecule has 2 unspecified atom stereocenters. The minimum absolute atomic E-state index is 0.0149. The summed E-state index contributed by atoms with van der Waals surface area (Å²) in [5, 5.41) is 4.88. The summed E-state index contributed by atoms with van der Waals surface area (Å²) in [6.45, 7) is 14.3. The Hall–Kier alpha value is -2.80. The van der Waals surface area contributed by atoms with Crippen LogP contribution in [0.15, 0.2) is 29.3 Å². The van der Waals surface area contributed by atoms with Crippen LogP contribution in [-0.2, 0) is 26.7 Å². The van der Waals surface area contributed by atoms with Crippen molar-refractivity contribution < 1.29 is 19.0 Å². The van der Waals surface area contributed by atoms with Crippen molar-refractivity contribution in [2.75, 3.05) is 13.7 Å². The molecule has 2 aromatic rings. The van der Waals surface area contributed by atoms with Crippen LogP contribution in [0.4, 0.5) is 4.79 Å². The number of ether oxygens (including phenoxy) is 3. The van der Waals surface area contributed by atoms with Crippen molar-refractivity contribution in [3.05, 3.63) is 51.8 Å². The molecule has 1 heterocycles. The van der Waals surface area contributed by atoms with Gasteiger partial charge in [0.2, 0.25) is 6.29 Å². The number of aliphatic imine (C=N–C) groups is 1. The predicted molar refractivity (Wildman–Crippen MR) is 142 cm³/mol. The minimum Gasteiger partial charge on any atom is -0.452 e. The van der Waals surface area contributed by atoms with Crippen LogP contribution in [0.5, 0.6) is 0 Å². The van der Waals surface area contributed by atoms with Gasteiger partial charge in [-0.2, -0.15) is 5.10 Å². The van der Waals surface area contributed by atoms with Crippen molar-refractivity contribution in [3.63, 3.8) is 0 Å². The smallest absolute Gasteiger partial charge is 0.452 e. The number of hydrogen-bond donors (Lipinski definition) is 0. The molecule has 1 aromatic carbocycles. The van der Waals surface area contributed by atoms with Gasteiger partial charge in [-0.3, -0.25) is 9.67 Å². The molecule has 1 aromatic heterocycles. The molecule has 0 aliphatic rings. The molecule has 0 fully saturated rings. The lowest BCUT2D eigenvalue weighted by Crippen LogP contribution is -2.21. The van der Waals surface area contributed by atoms with E-state index in [1.54, 1.807) is 31.9 Å². The normalized spacial score (nSPS) is 14.5. The second kappa shape index (κ2) is 12.2. The molecule has 0 aliphatic carbocycles. The Kier molecular flexibility index (Phi) is 9.95. The van der Waals surface area contributed by atoms with Gasteiger partial charge in [0.1, 0.15) is 5.69 Å². The summed E-state index contributed by atoms with van der Waals surface area (Å²) >= 11 is 6.64. The van der Waals surface area contributed by atoms with Crippen LogP contribution in [0.3, 0.4) is 0 Å². The molecule has 0 spiro atoms. The Bertz CT molecular complexity index is 1070. The van der Waals surface area contributed by atoms with Crippen molar-refractivity contribution in [1.29, 1.82) is 0 Å². The Labute approximate surface area is 214 Å². The highest BCUT2D eigenvalue weighted by Crippen LogP contribution is 2.34. The van der Waals surface area contributed by atoms with Crippen LogP contribution in [0.2, 0.25) is 5.02 Å². The molecule has 2 rings (SSSR count). The first-order chi connectivity index (χ1) is 16.4. The molecule has 0 bridgehead atoms. The Morgan fingerprint density at radius 2 is 1.83 bits per heavy atom. The second-order valence-corrected chi connectivity index (χ2v) is 10.1. The summed E-state index contributed by atoms with van der Waals surface area (Å²) < 4.78 is 18.4. The molecule has 0 amide bonds. The topological polar surface area (TPSA) is 74.9 Å². The first kappa shape index (κ1) is 28.4. The molecule has 7 nitrogen and oxygen atoms in total. The van der Waals surface area contributed by atoms with E-state index in [2.05, 4.69) is 43.0 Å². The zero-order valence-corrected chi connectivity index (χ0v) is 23.1. The predicted octanol–water partition coefficient (Wildman–Crippen LogP) is 6.81. The van der Waals surface area contributed by atoms with Crippen LogP contribution in [0.1, 0.15) is 70.5 Å². The number of halogens is 1. The summed E-state index contributed by atoms with van der Waals surface area (Å²) in [4.78, 5) is 16.5. The molecule has 0 radical (unpaired) electrons. The van der Waals surface area contributed by atoms with Crippen molar-refractivity contribution in [3.8, 4) is 0 Å². The SMILES string of the molecule is CCC(C)COC(=O)OC(C)O/C(=C(/C=NC)c1ccc(C(C)(C)C)cc1)c1c(Cl)c(C)nn1C. The van der Waals surface area contributed by atoms with Gasteiger partial charge in [-0.15, -0.1) is 0 Å². The third-order valence-corrected chi connectivity index (χ3v) is 6.11. The molecule has 192 valence electrons. The Morgan fingerprint density at radius 3 is 2.31 bits per heavy atom. The lowest BCUT2D eigenvalue weighted by Gasteiger charge is -2.22. The quantitative estimate of drug-likeness (QED) is 0.162. The summed E-state index contributed by atoms with van der Waals surface area (Å²) in [5.74, 6) is 0.642. The van der Waals surface area contributed by atoms with Crippen molar-refractivity contribution in [2.45, 2.75) is 66.6 Å². The highest BCUT2D eigenvalue weighted by Gasteiger charge is 2.25. The van der Waals surface area contributed by atoms with E-state index in [4.69, 9.17) is 25.8 Å². The maximum atomic E-state index is 12.2. The van der Waals surface area contributed by atoms with Crippen LogP contribution in [-0.4, -0.2) is 42.1 Å². The first-order valence-electron chi connectivity index (χ1n) is 11.9. The number of aromatic nitrogens is 2. The standard InChI is InChI=1S/C27H38ClN3O4/c1-10-17(2)16-33-26(32)35-19(4)34-25(24-23(28)18(3)30-31(24)9)22(15-29-8)20-11-13-21(14-12-20)27(5,6)7/h11-15,17,19H,10,16H2,1-9H3/b25-22-,29-15?. The number of hydrogen-bond acceptors (Lipinski definition) is 6. The van der Waals surface area contributed by atoms with Gasteiger partial charge >= 0.3 is 6.16 Å². The van der Waals surface area contributed by atoms with Gasteiger partial charge in [-0.25, -0.2) is 4.79 Å². The third-order valence-electron chi connectivity index (χ3n) is 5.66. The fourth-order valence-electron chi connectivity index (χ4n) is 3.36. The monoisotopic (exact) mass is 503 g/mol. The summed E-state index contributed by atoms with van der Waals surface area (Å²) in [7, 11) is 3.47. The molecule has 0 saturated heterocycles. The van der Waals surface area contributed by atoms with E-state index in [0.29, 0.717) is 27.7 Å². The van der Waals surface area contributed by atoms with Gasteiger partial charge in [0, 0.05) is 32.8 Å². The van der Waals surface area contributed by atoms with E-state index in [1.165, 1.54) is 5.56 Å².